The lowest BCUT2D eigenvalue weighted by molar-refractivity contribution is -0.386. The molecule has 2 aliphatic heterocycles. The second-order valence-corrected chi connectivity index (χ2v) is 7.52. The molecule has 0 bridgehead atoms. The van der Waals surface area contributed by atoms with Gasteiger partial charge in [-0.3, -0.25) is 30.2 Å². The standard InChI is InChI=1S/C13H17N3O3.C8H6N2O3/c1-15(2)4-3-5-19-13-7-11-9-14-8-10(11)6-12(13)16(17)18;11-8-2-6-4-9-3-5(6)1-7(8)10(12)13/h6-8H,3-5,9H2,1-2H3;1-3,11H,4H2. The molecule has 0 spiro atoms. The minimum Gasteiger partial charge on any atom is -0.502 e. The maximum absolute atomic E-state index is 11.0. The molecule has 0 atom stereocenters. The third kappa shape index (κ3) is 5.43. The lowest BCUT2D eigenvalue weighted by Gasteiger charge is -2.11. The van der Waals surface area contributed by atoms with Crippen LogP contribution in [0.5, 0.6) is 11.5 Å². The fourth-order valence-corrected chi connectivity index (χ4v) is 3.23. The third-order valence-corrected chi connectivity index (χ3v) is 4.84. The van der Waals surface area contributed by atoms with Gasteiger partial charge in [0, 0.05) is 42.2 Å². The van der Waals surface area contributed by atoms with Gasteiger partial charge in [-0.05, 0) is 43.8 Å². The van der Waals surface area contributed by atoms with E-state index in [9.17, 15) is 25.3 Å². The van der Waals surface area contributed by atoms with E-state index in [4.69, 9.17) is 4.74 Å². The van der Waals surface area contributed by atoms with Crippen LogP contribution in [0, 0.1) is 20.2 Å². The molecule has 0 aliphatic carbocycles. The zero-order valence-electron chi connectivity index (χ0n) is 17.7. The molecule has 168 valence electrons. The number of ether oxygens (including phenoxy) is 1. The molecule has 2 aromatic rings. The Labute approximate surface area is 184 Å². The molecule has 0 fully saturated rings. The monoisotopic (exact) mass is 441 g/mol. The van der Waals surface area contributed by atoms with Gasteiger partial charge in [0.25, 0.3) is 0 Å². The summed E-state index contributed by atoms with van der Waals surface area (Å²) >= 11 is 0. The van der Waals surface area contributed by atoms with E-state index in [1.807, 2.05) is 19.0 Å². The Bertz CT molecular complexity index is 1100. The number of aliphatic imine (C=N–C) groups is 2. The van der Waals surface area contributed by atoms with Crippen LogP contribution < -0.4 is 4.74 Å². The highest BCUT2D eigenvalue weighted by atomic mass is 16.6. The van der Waals surface area contributed by atoms with E-state index in [1.165, 1.54) is 18.2 Å². The van der Waals surface area contributed by atoms with E-state index < -0.39 is 9.85 Å². The fourth-order valence-electron chi connectivity index (χ4n) is 3.23. The molecule has 11 nitrogen and oxygen atoms in total. The van der Waals surface area contributed by atoms with Gasteiger partial charge in [0.05, 0.1) is 29.5 Å². The number of fused-ring (bicyclic) bond motifs is 2. The van der Waals surface area contributed by atoms with E-state index in [0.717, 1.165) is 29.7 Å². The first-order valence-corrected chi connectivity index (χ1v) is 9.85. The fraction of sp³-hybridized carbons (Fsp3) is 0.333. The number of benzene rings is 2. The first-order chi connectivity index (χ1) is 15.3. The topological polar surface area (TPSA) is 144 Å². The van der Waals surface area contributed by atoms with Crippen LogP contribution in [-0.2, 0) is 13.1 Å². The number of nitro groups is 2. The van der Waals surface area contributed by atoms with Crippen molar-refractivity contribution in [1.82, 2.24) is 4.90 Å². The van der Waals surface area contributed by atoms with Gasteiger partial charge in [-0.2, -0.15) is 0 Å². The molecule has 0 amide bonds. The Morgan fingerprint density at radius 1 is 0.969 bits per heavy atom. The van der Waals surface area contributed by atoms with Gasteiger partial charge in [-0.1, -0.05) is 0 Å². The maximum atomic E-state index is 11.0. The number of nitrogens with zero attached hydrogens (tertiary/aromatic N) is 5. The average Bonchev–Trinajstić information content (AvgIpc) is 3.38. The van der Waals surface area contributed by atoms with Crippen LogP contribution in [0.3, 0.4) is 0 Å². The van der Waals surface area contributed by atoms with Gasteiger partial charge >= 0.3 is 11.4 Å². The van der Waals surface area contributed by atoms with Crippen LogP contribution in [0.15, 0.2) is 34.3 Å². The molecule has 0 radical (unpaired) electrons. The van der Waals surface area contributed by atoms with E-state index in [0.29, 0.717) is 31.0 Å². The molecule has 32 heavy (non-hydrogen) atoms. The van der Waals surface area contributed by atoms with Crippen LogP contribution in [0.1, 0.15) is 28.7 Å². The van der Waals surface area contributed by atoms with Crippen LogP contribution in [-0.4, -0.2) is 59.5 Å². The maximum Gasteiger partial charge on any atom is 0.311 e. The largest absolute Gasteiger partial charge is 0.502 e. The molecule has 4 rings (SSSR count). The number of nitro benzene ring substituents is 2. The van der Waals surface area contributed by atoms with E-state index in [-0.39, 0.29) is 17.1 Å². The predicted molar refractivity (Wildman–Crippen MR) is 119 cm³/mol. The highest BCUT2D eigenvalue weighted by Gasteiger charge is 2.20. The Morgan fingerprint density at radius 3 is 2.09 bits per heavy atom. The van der Waals surface area contributed by atoms with E-state index in [2.05, 4.69) is 9.98 Å². The molecular formula is C21H23N5O6. The molecule has 0 saturated heterocycles. The Kier molecular flexibility index (Phi) is 7.11. The molecule has 0 aromatic heterocycles. The molecule has 11 heteroatoms. The van der Waals surface area contributed by atoms with Crippen LogP contribution in [0.2, 0.25) is 0 Å². The molecule has 0 unspecified atom stereocenters. The molecule has 0 saturated carbocycles. The van der Waals surface area contributed by atoms with Crippen molar-refractivity contribution in [3.8, 4) is 11.5 Å². The lowest BCUT2D eigenvalue weighted by atomic mass is 10.1. The minimum absolute atomic E-state index is 0.0111. The molecular weight excluding hydrogens is 418 g/mol. The van der Waals surface area contributed by atoms with Gasteiger partial charge in [-0.25, -0.2) is 0 Å². The Balaban J connectivity index is 0.000000193. The zero-order chi connectivity index (χ0) is 23.3. The third-order valence-electron chi connectivity index (χ3n) is 4.84. The van der Waals surface area contributed by atoms with E-state index >= 15 is 0 Å². The smallest absolute Gasteiger partial charge is 0.311 e. The quantitative estimate of drug-likeness (QED) is 0.395. The predicted octanol–water partition coefficient (Wildman–Crippen LogP) is 3.09. The Morgan fingerprint density at radius 2 is 1.53 bits per heavy atom. The molecule has 2 heterocycles. The summed E-state index contributed by atoms with van der Waals surface area (Å²) in [4.78, 5) is 30.5. The summed E-state index contributed by atoms with van der Waals surface area (Å²) in [7, 11) is 3.96. The number of phenols is 1. The Hall–Kier alpha value is -3.86. The molecule has 2 aliphatic rings. The lowest BCUT2D eigenvalue weighted by Crippen LogP contribution is -2.15. The van der Waals surface area contributed by atoms with Crippen molar-refractivity contribution in [1.29, 1.82) is 0 Å². The SMILES string of the molecule is CN(C)CCCOc1cc2c(cc1[N+](=O)[O-])C=NC2.O=[N+]([O-])c1cc2c(cc1O)CN=C2. The first kappa shape index (κ1) is 22.8. The van der Waals surface area contributed by atoms with Crippen molar-refractivity contribution in [2.45, 2.75) is 19.5 Å². The summed E-state index contributed by atoms with van der Waals surface area (Å²) in [5.41, 5.74) is 3.07. The van der Waals surface area contributed by atoms with Gasteiger partial charge in [0.1, 0.15) is 0 Å². The second-order valence-electron chi connectivity index (χ2n) is 7.52. The van der Waals surface area contributed by atoms with Crippen LogP contribution in [0.4, 0.5) is 11.4 Å². The zero-order valence-corrected chi connectivity index (χ0v) is 17.7. The van der Waals surface area contributed by atoms with Crippen molar-refractivity contribution in [3.05, 3.63) is 66.7 Å². The summed E-state index contributed by atoms with van der Waals surface area (Å²) in [5, 5.41) is 30.7. The van der Waals surface area contributed by atoms with Gasteiger partial charge < -0.3 is 14.7 Å². The van der Waals surface area contributed by atoms with Gasteiger partial charge in [-0.15, -0.1) is 0 Å². The summed E-state index contributed by atoms with van der Waals surface area (Å²) in [6, 6.07) is 5.99. The van der Waals surface area contributed by atoms with Crippen LogP contribution >= 0.6 is 0 Å². The number of hydrogen-bond donors (Lipinski definition) is 1. The van der Waals surface area contributed by atoms with Gasteiger partial charge in [0.2, 0.25) is 0 Å². The summed E-state index contributed by atoms with van der Waals surface area (Å²) in [6.45, 7) is 2.42. The highest BCUT2D eigenvalue weighted by Crippen LogP contribution is 2.32. The number of phenolic OH excluding ortho intramolecular Hbond substituents is 1. The van der Waals surface area contributed by atoms with Gasteiger partial charge in [0.15, 0.2) is 11.5 Å². The number of aromatic hydroxyl groups is 1. The second kappa shape index (κ2) is 9.96. The van der Waals surface area contributed by atoms with Crippen molar-refractivity contribution in [2.24, 2.45) is 9.98 Å². The summed E-state index contributed by atoms with van der Waals surface area (Å²) < 4.78 is 5.55. The van der Waals surface area contributed by atoms with Crippen molar-refractivity contribution in [2.75, 3.05) is 27.2 Å². The van der Waals surface area contributed by atoms with E-state index in [1.54, 1.807) is 18.5 Å². The molecule has 2 aromatic carbocycles. The van der Waals surface area contributed by atoms with Crippen molar-refractivity contribution in [3.63, 3.8) is 0 Å². The summed E-state index contributed by atoms with van der Waals surface area (Å²) in [5.74, 6) is 0.0438. The molecule has 1 N–H and O–H groups in total. The van der Waals surface area contributed by atoms with Crippen molar-refractivity contribution >= 4 is 23.8 Å². The minimum atomic E-state index is -0.609. The average molecular weight is 441 g/mol. The first-order valence-electron chi connectivity index (χ1n) is 9.85. The normalized spacial score (nSPS) is 12.8. The summed E-state index contributed by atoms with van der Waals surface area (Å²) in [6.07, 6.45) is 4.07. The number of rotatable bonds is 7. The number of hydrogen-bond acceptors (Lipinski definition) is 9. The van der Waals surface area contributed by atoms with Crippen molar-refractivity contribution < 1.29 is 19.7 Å². The highest BCUT2D eigenvalue weighted by molar-refractivity contribution is 5.87. The van der Waals surface area contributed by atoms with Crippen LogP contribution in [0.25, 0.3) is 0 Å².